The first-order valence-corrected chi connectivity index (χ1v) is 8.51. The lowest BCUT2D eigenvalue weighted by molar-refractivity contribution is -0.136. The summed E-state index contributed by atoms with van der Waals surface area (Å²) in [4.78, 5) is 38.4. The quantitative estimate of drug-likeness (QED) is 0.803. The summed E-state index contributed by atoms with van der Waals surface area (Å²) >= 11 is 11.9. The number of carbonyl (C=O) groups is 3. The summed E-state index contributed by atoms with van der Waals surface area (Å²) in [7, 11) is 0. The molecule has 1 heterocycles. The maximum absolute atomic E-state index is 12.7. The molecule has 1 aliphatic carbocycles. The van der Waals surface area contributed by atoms with Crippen LogP contribution in [0.4, 0.5) is 10.5 Å². The molecule has 2 fully saturated rings. The maximum atomic E-state index is 12.7. The Labute approximate surface area is 149 Å². The SMILES string of the molecule is C[C@H](C(=O)Nc1ccc(Cl)cc1Cl)N1C(=O)NC2(CCCC2)C1=O. The fourth-order valence-electron chi connectivity index (χ4n) is 3.26. The Hall–Kier alpha value is -1.79. The second-order valence-electron chi connectivity index (χ2n) is 6.18. The Kier molecular flexibility index (Phi) is 4.44. The number of nitrogens with zero attached hydrogens (tertiary/aromatic N) is 1. The minimum absolute atomic E-state index is 0.285. The van der Waals surface area contributed by atoms with E-state index in [1.807, 2.05) is 0 Å². The molecule has 4 amide bonds. The van der Waals surface area contributed by atoms with E-state index in [1.54, 1.807) is 12.1 Å². The van der Waals surface area contributed by atoms with E-state index in [4.69, 9.17) is 23.2 Å². The minimum Gasteiger partial charge on any atom is -0.323 e. The number of imide groups is 1. The van der Waals surface area contributed by atoms with Crippen molar-refractivity contribution in [3.63, 3.8) is 0 Å². The molecule has 1 aromatic rings. The molecule has 0 aromatic heterocycles. The van der Waals surface area contributed by atoms with Crippen molar-refractivity contribution in [3.05, 3.63) is 28.2 Å². The van der Waals surface area contributed by atoms with E-state index < -0.39 is 23.5 Å². The van der Waals surface area contributed by atoms with Gasteiger partial charge in [-0.3, -0.25) is 9.59 Å². The van der Waals surface area contributed by atoms with Crippen LogP contribution < -0.4 is 10.6 Å². The molecule has 6 nitrogen and oxygen atoms in total. The van der Waals surface area contributed by atoms with Crippen LogP contribution in [0.15, 0.2) is 18.2 Å². The van der Waals surface area contributed by atoms with E-state index in [1.165, 1.54) is 13.0 Å². The van der Waals surface area contributed by atoms with Gasteiger partial charge in [-0.15, -0.1) is 0 Å². The van der Waals surface area contributed by atoms with Gasteiger partial charge in [0.25, 0.3) is 5.91 Å². The van der Waals surface area contributed by atoms with Gasteiger partial charge in [0, 0.05) is 5.02 Å². The van der Waals surface area contributed by atoms with Crippen LogP contribution in [0.3, 0.4) is 0 Å². The summed E-state index contributed by atoms with van der Waals surface area (Å²) in [6.45, 7) is 1.52. The van der Waals surface area contributed by atoms with E-state index in [0.717, 1.165) is 17.7 Å². The topological polar surface area (TPSA) is 78.5 Å². The number of hydrogen-bond acceptors (Lipinski definition) is 3. The van der Waals surface area contributed by atoms with E-state index in [9.17, 15) is 14.4 Å². The second kappa shape index (κ2) is 6.26. The lowest BCUT2D eigenvalue weighted by Gasteiger charge is -2.23. The van der Waals surface area contributed by atoms with Gasteiger partial charge < -0.3 is 10.6 Å². The molecule has 1 saturated carbocycles. The summed E-state index contributed by atoms with van der Waals surface area (Å²) in [5.74, 6) is -0.812. The highest BCUT2D eigenvalue weighted by atomic mass is 35.5. The van der Waals surface area contributed by atoms with E-state index >= 15 is 0 Å². The summed E-state index contributed by atoms with van der Waals surface area (Å²) in [5.41, 5.74) is -0.454. The Morgan fingerprint density at radius 3 is 2.58 bits per heavy atom. The molecule has 0 radical (unpaired) electrons. The minimum atomic E-state index is -0.941. The van der Waals surface area contributed by atoms with E-state index in [0.29, 0.717) is 23.6 Å². The van der Waals surface area contributed by atoms with Crippen LogP contribution in [-0.4, -0.2) is 34.3 Å². The van der Waals surface area contributed by atoms with Crippen LogP contribution in [-0.2, 0) is 9.59 Å². The molecule has 2 N–H and O–H groups in total. The third kappa shape index (κ3) is 2.84. The number of rotatable bonds is 3. The van der Waals surface area contributed by atoms with Gasteiger partial charge >= 0.3 is 6.03 Å². The van der Waals surface area contributed by atoms with Gasteiger partial charge in [0.2, 0.25) is 5.91 Å². The third-order valence-electron chi connectivity index (χ3n) is 4.61. The highest BCUT2D eigenvalue weighted by molar-refractivity contribution is 6.36. The third-order valence-corrected chi connectivity index (χ3v) is 5.15. The van der Waals surface area contributed by atoms with Crippen LogP contribution >= 0.6 is 23.2 Å². The number of anilines is 1. The molecule has 1 aromatic carbocycles. The number of hydrogen-bond donors (Lipinski definition) is 2. The summed E-state index contributed by atoms with van der Waals surface area (Å²) < 4.78 is 0. The average molecular weight is 370 g/mol. The van der Waals surface area contributed by atoms with Crippen LogP contribution in [0.2, 0.25) is 10.0 Å². The molecule has 3 rings (SSSR count). The summed E-state index contributed by atoms with van der Waals surface area (Å²) in [6, 6.07) is 3.20. The first kappa shape index (κ1) is 17.0. The van der Waals surface area contributed by atoms with Gasteiger partial charge in [-0.25, -0.2) is 9.69 Å². The predicted molar refractivity (Wildman–Crippen MR) is 91.1 cm³/mol. The van der Waals surface area contributed by atoms with Gasteiger partial charge in [-0.1, -0.05) is 36.0 Å². The zero-order chi connectivity index (χ0) is 17.5. The van der Waals surface area contributed by atoms with Gasteiger partial charge in [-0.05, 0) is 38.0 Å². The Morgan fingerprint density at radius 1 is 1.29 bits per heavy atom. The smallest absolute Gasteiger partial charge is 0.323 e. The van der Waals surface area contributed by atoms with Crippen LogP contribution in [0.5, 0.6) is 0 Å². The number of benzene rings is 1. The van der Waals surface area contributed by atoms with E-state index in [2.05, 4.69) is 10.6 Å². The molecule has 1 saturated heterocycles. The Bertz CT molecular complexity index is 717. The van der Waals surface area contributed by atoms with Crippen LogP contribution in [0.25, 0.3) is 0 Å². The lowest BCUT2D eigenvalue weighted by Crippen LogP contribution is -2.48. The molecule has 2 aliphatic rings. The Morgan fingerprint density at radius 2 is 1.96 bits per heavy atom. The zero-order valence-electron chi connectivity index (χ0n) is 13.1. The number of amides is 4. The highest BCUT2D eigenvalue weighted by Gasteiger charge is 2.54. The van der Waals surface area contributed by atoms with Crippen LogP contribution in [0.1, 0.15) is 32.6 Å². The molecular weight excluding hydrogens is 353 g/mol. The van der Waals surface area contributed by atoms with Gasteiger partial charge in [0.1, 0.15) is 11.6 Å². The van der Waals surface area contributed by atoms with Gasteiger partial charge in [0.15, 0.2) is 0 Å². The van der Waals surface area contributed by atoms with Crippen molar-refractivity contribution in [3.8, 4) is 0 Å². The fraction of sp³-hybridized carbons (Fsp3) is 0.438. The molecule has 1 aliphatic heterocycles. The first-order valence-electron chi connectivity index (χ1n) is 7.76. The number of nitrogens with one attached hydrogen (secondary N) is 2. The largest absolute Gasteiger partial charge is 0.325 e. The summed E-state index contributed by atoms with van der Waals surface area (Å²) in [6.07, 6.45) is 3.01. The Balaban J connectivity index is 1.76. The summed E-state index contributed by atoms with van der Waals surface area (Å²) in [5, 5.41) is 6.12. The standard InChI is InChI=1S/C16H17Cl2N3O3/c1-9(13(22)19-12-5-4-10(17)8-11(12)18)21-14(23)16(20-15(21)24)6-2-3-7-16/h4-5,8-9H,2-3,6-7H2,1H3,(H,19,22)(H,20,24)/t9-/m1/s1. The molecule has 8 heteroatoms. The van der Waals surface area contributed by atoms with E-state index in [-0.39, 0.29) is 10.9 Å². The van der Waals surface area contributed by atoms with Crippen molar-refractivity contribution in [2.24, 2.45) is 0 Å². The van der Waals surface area contributed by atoms with Crippen molar-refractivity contribution >= 4 is 46.7 Å². The average Bonchev–Trinajstić information content (AvgIpc) is 3.08. The number of halogens is 2. The molecule has 128 valence electrons. The molecular formula is C16H17Cl2N3O3. The van der Waals surface area contributed by atoms with Gasteiger partial charge in [0.05, 0.1) is 10.7 Å². The molecule has 24 heavy (non-hydrogen) atoms. The molecule has 0 bridgehead atoms. The van der Waals surface area contributed by atoms with Crippen molar-refractivity contribution in [2.45, 2.75) is 44.2 Å². The van der Waals surface area contributed by atoms with Crippen molar-refractivity contribution in [1.82, 2.24) is 10.2 Å². The lowest BCUT2D eigenvalue weighted by atomic mass is 9.97. The van der Waals surface area contributed by atoms with Crippen LogP contribution in [0, 0.1) is 0 Å². The second-order valence-corrected chi connectivity index (χ2v) is 7.03. The predicted octanol–water partition coefficient (Wildman–Crippen LogP) is 3.19. The normalized spacial score (nSPS) is 20.4. The van der Waals surface area contributed by atoms with Gasteiger partial charge in [-0.2, -0.15) is 0 Å². The van der Waals surface area contributed by atoms with Crippen molar-refractivity contribution in [1.29, 1.82) is 0 Å². The first-order chi connectivity index (χ1) is 11.3. The van der Waals surface area contributed by atoms with Crippen molar-refractivity contribution in [2.75, 3.05) is 5.32 Å². The molecule has 1 atom stereocenters. The maximum Gasteiger partial charge on any atom is 0.325 e. The van der Waals surface area contributed by atoms with Crippen molar-refractivity contribution < 1.29 is 14.4 Å². The fourth-order valence-corrected chi connectivity index (χ4v) is 3.71. The molecule has 0 unspecified atom stereocenters. The molecule has 1 spiro atoms. The zero-order valence-corrected chi connectivity index (χ0v) is 14.6. The number of urea groups is 1. The highest BCUT2D eigenvalue weighted by Crippen LogP contribution is 2.36. The number of carbonyl (C=O) groups excluding carboxylic acids is 3. The monoisotopic (exact) mass is 369 g/mol.